The minimum Gasteiger partial charge on any atom is -0.508 e. The number of carbonyl (C=O) groups is 1. The highest BCUT2D eigenvalue weighted by Gasteiger charge is 2.44. The third-order valence-electron chi connectivity index (χ3n) is 11.5. The fraction of sp³-hybridized carbons (Fsp3) is 0.405. The lowest BCUT2D eigenvalue weighted by Crippen LogP contribution is -2.51. The van der Waals surface area contributed by atoms with Gasteiger partial charge in [0.25, 0.3) is 0 Å². The molecule has 1 aromatic heterocycles. The van der Waals surface area contributed by atoms with Crippen molar-refractivity contribution in [1.82, 2.24) is 19.8 Å². The molecule has 2 aliphatic heterocycles. The number of phenols is 1. The number of rotatable bonds is 11. The first-order valence-electron chi connectivity index (χ1n) is 18.4. The van der Waals surface area contributed by atoms with Crippen LogP contribution in [0.2, 0.25) is 0 Å². The topological polar surface area (TPSA) is 94.1 Å². The standard InChI is InChI=1S/C42H45F3N6O3/c1-5-32-34(45)14-11-28-19-31(52)20-36(38(28)32)50-18-15-33-35(24-50)47-40(48-39(33)46-25-42(16-7-8-17-42)49(4)37(53)6-2)54-26-41(3)21-30(44)23-51(41)22-27-9-12-29(43)13-10-27/h1,6,9-14,19-20,30,52H,2,7-8,15-18,21-26H2,3-4H3,(H,46,47,48)/t30-,41+/m1/s1. The number of likely N-dealkylation sites (tertiary alicyclic amines) is 1. The molecule has 3 heterocycles. The third kappa shape index (κ3) is 7.17. The number of ether oxygens (including phenoxy) is 1. The van der Waals surface area contributed by atoms with Crippen LogP contribution in [-0.2, 0) is 24.3 Å². The Bertz CT molecular complexity index is 2120. The van der Waals surface area contributed by atoms with Crippen molar-refractivity contribution in [1.29, 1.82) is 0 Å². The zero-order valence-electron chi connectivity index (χ0n) is 30.7. The van der Waals surface area contributed by atoms with Crippen molar-refractivity contribution in [2.75, 3.05) is 43.5 Å². The number of benzene rings is 3. The summed E-state index contributed by atoms with van der Waals surface area (Å²) in [6, 6.07) is 12.4. The number of nitrogens with zero attached hydrogens (tertiary/aromatic N) is 5. The molecule has 7 rings (SSSR count). The van der Waals surface area contributed by atoms with Gasteiger partial charge in [0.2, 0.25) is 5.91 Å². The summed E-state index contributed by atoms with van der Waals surface area (Å²) in [6.45, 7) is 7.60. The van der Waals surface area contributed by atoms with Crippen LogP contribution in [0.25, 0.3) is 10.8 Å². The molecule has 282 valence electrons. The van der Waals surface area contributed by atoms with Crippen LogP contribution >= 0.6 is 0 Å². The Morgan fingerprint density at radius 1 is 1.19 bits per heavy atom. The van der Waals surface area contributed by atoms with E-state index in [0.29, 0.717) is 54.0 Å². The molecule has 2 N–H and O–H groups in total. The van der Waals surface area contributed by atoms with Crippen LogP contribution in [0.3, 0.4) is 0 Å². The number of amides is 1. The van der Waals surface area contributed by atoms with Crippen molar-refractivity contribution in [3.05, 3.63) is 95.2 Å². The highest BCUT2D eigenvalue weighted by atomic mass is 19.1. The van der Waals surface area contributed by atoms with Crippen LogP contribution in [-0.4, -0.2) is 81.3 Å². The number of hydrogen-bond donors (Lipinski definition) is 2. The van der Waals surface area contributed by atoms with Gasteiger partial charge in [0.1, 0.15) is 36.0 Å². The van der Waals surface area contributed by atoms with Gasteiger partial charge in [-0.1, -0.05) is 43.5 Å². The lowest BCUT2D eigenvalue weighted by Gasteiger charge is -2.39. The van der Waals surface area contributed by atoms with Crippen molar-refractivity contribution in [3.63, 3.8) is 0 Å². The van der Waals surface area contributed by atoms with E-state index in [-0.39, 0.29) is 55.2 Å². The molecule has 0 bridgehead atoms. The van der Waals surface area contributed by atoms with Crippen molar-refractivity contribution in [2.24, 2.45) is 0 Å². The highest BCUT2D eigenvalue weighted by Crippen LogP contribution is 2.40. The van der Waals surface area contributed by atoms with Gasteiger partial charge in [-0.05, 0) is 67.5 Å². The molecule has 0 unspecified atom stereocenters. The first-order chi connectivity index (χ1) is 25.9. The summed E-state index contributed by atoms with van der Waals surface area (Å²) in [5.74, 6) is 2.09. The molecular weight excluding hydrogens is 693 g/mol. The summed E-state index contributed by atoms with van der Waals surface area (Å²) in [5.41, 5.74) is 1.97. The molecule has 1 saturated heterocycles. The summed E-state index contributed by atoms with van der Waals surface area (Å²) in [6.07, 6.45) is 10.4. The number of terminal acetylenes is 1. The van der Waals surface area contributed by atoms with Gasteiger partial charge in [0.05, 0.1) is 28.9 Å². The first kappa shape index (κ1) is 37.1. The van der Waals surface area contributed by atoms with Gasteiger partial charge in [0.15, 0.2) is 0 Å². The lowest BCUT2D eigenvalue weighted by molar-refractivity contribution is -0.129. The van der Waals surface area contributed by atoms with Crippen molar-refractivity contribution >= 4 is 28.2 Å². The Balaban J connectivity index is 1.22. The minimum absolute atomic E-state index is 0.0214. The van der Waals surface area contributed by atoms with Crippen molar-refractivity contribution in [3.8, 4) is 24.1 Å². The lowest BCUT2D eigenvalue weighted by atomic mass is 9.94. The van der Waals surface area contributed by atoms with Gasteiger partial charge in [-0.3, -0.25) is 9.69 Å². The Labute approximate surface area is 313 Å². The number of hydrogen-bond acceptors (Lipinski definition) is 8. The van der Waals surface area contributed by atoms with Crippen molar-refractivity contribution in [2.45, 2.75) is 75.8 Å². The number of alkyl halides is 1. The largest absolute Gasteiger partial charge is 0.508 e. The van der Waals surface area contributed by atoms with Gasteiger partial charge in [-0.25, -0.2) is 13.2 Å². The second-order valence-electron chi connectivity index (χ2n) is 15.1. The fourth-order valence-corrected chi connectivity index (χ4v) is 8.47. The molecule has 9 nitrogen and oxygen atoms in total. The Morgan fingerprint density at radius 3 is 2.67 bits per heavy atom. The predicted octanol–water partition coefficient (Wildman–Crippen LogP) is 6.91. The number of fused-ring (bicyclic) bond motifs is 2. The molecule has 2 fully saturated rings. The summed E-state index contributed by atoms with van der Waals surface area (Å²) >= 11 is 0. The maximum absolute atomic E-state index is 15.0. The second-order valence-corrected chi connectivity index (χ2v) is 15.1. The molecule has 3 aliphatic rings. The van der Waals surface area contributed by atoms with E-state index in [2.05, 4.69) is 17.8 Å². The summed E-state index contributed by atoms with van der Waals surface area (Å²) < 4.78 is 50.0. The van der Waals surface area contributed by atoms with Gasteiger partial charge in [0, 0.05) is 62.4 Å². The number of aromatic hydroxyl groups is 1. The second kappa shape index (κ2) is 14.9. The molecule has 54 heavy (non-hydrogen) atoms. The van der Waals surface area contributed by atoms with Gasteiger partial charge in [-0.15, -0.1) is 6.42 Å². The van der Waals surface area contributed by atoms with Gasteiger partial charge >= 0.3 is 6.01 Å². The summed E-state index contributed by atoms with van der Waals surface area (Å²) in [7, 11) is 1.81. The Hall–Kier alpha value is -5.28. The maximum Gasteiger partial charge on any atom is 0.318 e. The number of carbonyl (C=O) groups excluding carboxylic acids is 1. The van der Waals surface area contributed by atoms with E-state index in [9.17, 15) is 18.7 Å². The average Bonchev–Trinajstić information content (AvgIpc) is 3.76. The Morgan fingerprint density at radius 2 is 1.94 bits per heavy atom. The average molecular weight is 739 g/mol. The van der Waals surface area contributed by atoms with Crippen LogP contribution in [0.4, 0.5) is 24.7 Å². The van der Waals surface area contributed by atoms with E-state index >= 15 is 4.39 Å². The van der Waals surface area contributed by atoms with E-state index in [4.69, 9.17) is 21.1 Å². The Kier molecular flexibility index (Phi) is 10.2. The molecule has 12 heteroatoms. The third-order valence-corrected chi connectivity index (χ3v) is 11.5. The molecule has 0 spiro atoms. The first-order valence-corrected chi connectivity index (χ1v) is 18.4. The monoisotopic (exact) mass is 738 g/mol. The van der Waals surface area contributed by atoms with Crippen LogP contribution in [0.5, 0.6) is 11.8 Å². The predicted molar refractivity (Wildman–Crippen MR) is 203 cm³/mol. The maximum atomic E-state index is 15.0. The normalized spacial score (nSPS) is 20.7. The molecule has 1 amide bonds. The fourth-order valence-electron chi connectivity index (χ4n) is 8.47. The van der Waals surface area contributed by atoms with E-state index in [1.807, 2.05) is 23.8 Å². The number of nitrogens with one attached hydrogen (secondary N) is 1. The van der Waals surface area contributed by atoms with Crippen LogP contribution in [0.1, 0.15) is 61.4 Å². The molecule has 4 aromatic rings. The number of halogens is 3. The molecular formula is C42H45F3N6O3. The highest BCUT2D eigenvalue weighted by molar-refractivity contribution is 6.00. The number of phenolic OH excluding ortho intramolecular Hbond substituents is 1. The quantitative estimate of drug-likeness (QED) is 0.127. The zero-order valence-corrected chi connectivity index (χ0v) is 30.7. The van der Waals surface area contributed by atoms with Gasteiger partial charge in [-0.2, -0.15) is 9.97 Å². The van der Waals surface area contributed by atoms with E-state index in [0.717, 1.165) is 36.8 Å². The van der Waals surface area contributed by atoms with Crippen molar-refractivity contribution < 1.29 is 27.8 Å². The SMILES string of the molecule is C#Cc1c(F)ccc2cc(O)cc(N3CCc4c(nc(OC[C@]5(C)C[C@@H](F)CN5Cc5ccc(F)cc5)nc4NCC4(N(C)C(=O)C=C)CCCC4)C3)c12. The van der Waals surface area contributed by atoms with E-state index < -0.39 is 23.1 Å². The molecule has 1 saturated carbocycles. The molecule has 0 radical (unpaired) electrons. The van der Waals surface area contributed by atoms with Crippen LogP contribution in [0, 0.1) is 24.0 Å². The summed E-state index contributed by atoms with van der Waals surface area (Å²) in [5, 5.41) is 15.4. The smallest absolute Gasteiger partial charge is 0.318 e. The molecule has 1 aliphatic carbocycles. The minimum atomic E-state index is -1.07. The van der Waals surface area contributed by atoms with Gasteiger partial charge < -0.3 is 25.0 Å². The molecule has 2 atom stereocenters. The van der Waals surface area contributed by atoms with Crippen LogP contribution < -0.4 is 15.0 Å². The number of aromatic nitrogens is 2. The van der Waals surface area contributed by atoms with E-state index in [1.54, 1.807) is 35.2 Å². The van der Waals surface area contributed by atoms with E-state index in [1.165, 1.54) is 24.3 Å². The summed E-state index contributed by atoms with van der Waals surface area (Å²) in [4.78, 5) is 28.4. The van der Waals surface area contributed by atoms with Crippen LogP contribution in [0.15, 0.2) is 61.2 Å². The zero-order chi connectivity index (χ0) is 38.2. The number of likely N-dealkylation sites (N-methyl/N-ethyl adjacent to an activating group) is 1. The molecule has 3 aromatic carbocycles. The number of anilines is 2.